The van der Waals surface area contributed by atoms with Gasteiger partial charge in [-0.05, 0) is 12.1 Å². The second-order valence-corrected chi connectivity index (χ2v) is 6.94. The van der Waals surface area contributed by atoms with Crippen LogP contribution in [0.3, 0.4) is 0 Å². The maximum Gasteiger partial charge on any atom is 0.226 e. The molecule has 1 fully saturated rings. The molecule has 6 nitrogen and oxygen atoms in total. The van der Waals surface area contributed by atoms with E-state index in [9.17, 15) is 13.2 Å². The normalized spacial score (nSPS) is 16.7. The monoisotopic (exact) mass is 312 g/mol. The van der Waals surface area contributed by atoms with Gasteiger partial charge < -0.3 is 9.64 Å². The minimum atomic E-state index is -3.16. The van der Waals surface area contributed by atoms with Crippen LogP contribution in [-0.4, -0.2) is 62.6 Å². The van der Waals surface area contributed by atoms with E-state index in [0.717, 1.165) is 5.75 Å². The summed E-state index contributed by atoms with van der Waals surface area (Å²) in [6, 6.07) is 9.34. The van der Waals surface area contributed by atoms with E-state index in [-0.39, 0.29) is 5.91 Å². The predicted octanol–water partition coefficient (Wildman–Crippen LogP) is 0.559. The third kappa shape index (κ3) is 4.71. The van der Waals surface area contributed by atoms with Crippen molar-refractivity contribution in [3.05, 3.63) is 30.3 Å². The Bertz CT molecular complexity index is 566. The van der Waals surface area contributed by atoms with Crippen molar-refractivity contribution in [3.8, 4) is 5.75 Å². The van der Waals surface area contributed by atoms with Gasteiger partial charge in [0.15, 0.2) is 0 Å². The molecule has 1 saturated heterocycles. The van der Waals surface area contributed by atoms with Crippen molar-refractivity contribution in [1.82, 2.24) is 9.21 Å². The van der Waals surface area contributed by atoms with Gasteiger partial charge in [0, 0.05) is 26.2 Å². The van der Waals surface area contributed by atoms with Gasteiger partial charge >= 0.3 is 0 Å². The number of benzene rings is 1. The minimum Gasteiger partial charge on any atom is -0.493 e. The zero-order valence-corrected chi connectivity index (χ0v) is 12.9. The fraction of sp³-hybridized carbons (Fsp3) is 0.500. The lowest BCUT2D eigenvalue weighted by atomic mass is 10.3. The molecule has 0 aliphatic carbocycles. The molecule has 116 valence electrons. The number of carbonyl (C=O) groups is 1. The van der Waals surface area contributed by atoms with E-state index in [0.29, 0.717) is 39.2 Å². The third-order valence-electron chi connectivity index (χ3n) is 3.39. The Labute approximate surface area is 125 Å². The molecule has 1 heterocycles. The van der Waals surface area contributed by atoms with Crippen molar-refractivity contribution in [2.45, 2.75) is 6.42 Å². The SMILES string of the molecule is CS(=O)(=O)N1CCN(C(=O)CCOc2ccccc2)CC1. The first kappa shape index (κ1) is 15.8. The van der Waals surface area contributed by atoms with E-state index in [2.05, 4.69) is 0 Å². The van der Waals surface area contributed by atoms with Crippen LogP contribution < -0.4 is 4.74 Å². The molecule has 2 rings (SSSR count). The van der Waals surface area contributed by atoms with E-state index in [1.807, 2.05) is 30.3 Å². The van der Waals surface area contributed by atoms with Crippen molar-refractivity contribution in [1.29, 1.82) is 0 Å². The highest BCUT2D eigenvalue weighted by Gasteiger charge is 2.25. The van der Waals surface area contributed by atoms with Crippen molar-refractivity contribution < 1.29 is 17.9 Å². The molecular formula is C14H20N2O4S. The Kier molecular flexibility index (Phi) is 5.19. The number of sulfonamides is 1. The van der Waals surface area contributed by atoms with Gasteiger partial charge in [0.25, 0.3) is 0 Å². The Balaban J connectivity index is 1.73. The fourth-order valence-electron chi connectivity index (χ4n) is 2.20. The first-order valence-electron chi connectivity index (χ1n) is 6.87. The molecule has 1 aromatic carbocycles. The van der Waals surface area contributed by atoms with Crippen LogP contribution in [-0.2, 0) is 14.8 Å². The number of carbonyl (C=O) groups excluding carboxylic acids is 1. The van der Waals surface area contributed by atoms with E-state index >= 15 is 0 Å². The number of hydrogen-bond donors (Lipinski definition) is 0. The smallest absolute Gasteiger partial charge is 0.226 e. The van der Waals surface area contributed by atoms with Crippen molar-refractivity contribution in [2.75, 3.05) is 39.0 Å². The first-order chi connectivity index (χ1) is 9.97. The summed E-state index contributed by atoms with van der Waals surface area (Å²) in [4.78, 5) is 13.7. The minimum absolute atomic E-state index is 0.000850. The van der Waals surface area contributed by atoms with Gasteiger partial charge in [-0.25, -0.2) is 8.42 Å². The van der Waals surface area contributed by atoms with Gasteiger partial charge in [-0.2, -0.15) is 4.31 Å². The molecule has 0 spiro atoms. The highest BCUT2D eigenvalue weighted by molar-refractivity contribution is 7.88. The summed E-state index contributed by atoms with van der Waals surface area (Å²) in [6.07, 6.45) is 1.49. The average molecular weight is 312 g/mol. The van der Waals surface area contributed by atoms with Gasteiger partial charge in [0.2, 0.25) is 15.9 Å². The lowest BCUT2D eigenvalue weighted by Gasteiger charge is -2.33. The molecule has 0 N–H and O–H groups in total. The largest absolute Gasteiger partial charge is 0.493 e. The van der Waals surface area contributed by atoms with Crippen LogP contribution >= 0.6 is 0 Å². The second kappa shape index (κ2) is 6.91. The maximum absolute atomic E-state index is 12.0. The fourth-order valence-corrected chi connectivity index (χ4v) is 3.03. The highest BCUT2D eigenvalue weighted by atomic mass is 32.2. The summed E-state index contributed by atoms with van der Waals surface area (Å²) in [5.74, 6) is 0.742. The van der Waals surface area contributed by atoms with E-state index in [1.54, 1.807) is 4.90 Å². The molecular weight excluding hydrogens is 292 g/mol. The number of rotatable bonds is 5. The first-order valence-corrected chi connectivity index (χ1v) is 8.72. The second-order valence-electron chi connectivity index (χ2n) is 4.95. The molecule has 0 unspecified atom stereocenters. The lowest BCUT2D eigenvalue weighted by Crippen LogP contribution is -2.50. The lowest BCUT2D eigenvalue weighted by molar-refractivity contribution is -0.132. The van der Waals surface area contributed by atoms with Crippen molar-refractivity contribution in [3.63, 3.8) is 0 Å². The van der Waals surface area contributed by atoms with Crippen LogP contribution in [0.1, 0.15) is 6.42 Å². The summed E-state index contributed by atoms with van der Waals surface area (Å²) >= 11 is 0. The average Bonchev–Trinajstić information content (AvgIpc) is 2.47. The maximum atomic E-state index is 12.0. The highest BCUT2D eigenvalue weighted by Crippen LogP contribution is 2.10. The van der Waals surface area contributed by atoms with Crippen LogP contribution in [0.2, 0.25) is 0 Å². The number of hydrogen-bond acceptors (Lipinski definition) is 4. The zero-order chi connectivity index (χ0) is 15.3. The molecule has 0 radical (unpaired) electrons. The van der Waals surface area contributed by atoms with Crippen LogP contribution in [0.4, 0.5) is 0 Å². The van der Waals surface area contributed by atoms with Crippen LogP contribution in [0.15, 0.2) is 30.3 Å². The Morgan fingerprint density at radius 1 is 1.14 bits per heavy atom. The number of amides is 1. The molecule has 1 aliphatic heterocycles. The Hall–Kier alpha value is -1.60. The number of piperazine rings is 1. The number of nitrogens with zero attached hydrogens (tertiary/aromatic N) is 2. The topological polar surface area (TPSA) is 66.9 Å². The van der Waals surface area contributed by atoms with Crippen molar-refractivity contribution >= 4 is 15.9 Å². The van der Waals surface area contributed by atoms with Crippen LogP contribution in [0, 0.1) is 0 Å². The van der Waals surface area contributed by atoms with Crippen LogP contribution in [0.5, 0.6) is 5.75 Å². The van der Waals surface area contributed by atoms with Gasteiger partial charge in [-0.15, -0.1) is 0 Å². The van der Waals surface area contributed by atoms with E-state index < -0.39 is 10.0 Å². The molecule has 1 aliphatic rings. The van der Waals surface area contributed by atoms with E-state index in [4.69, 9.17) is 4.74 Å². The molecule has 0 bridgehead atoms. The summed E-state index contributed by atoms with van der Waals surface area (Å²) in [6.45, 7) is 1.94. The molecule has 21 heavy (non-hydrogen) atoms. The summed E-state index contributed by atoms with van der Waals surface area (Å²) < 4.78 is 29.7. The third-order valence-corrected chi connectivity index (χ3v) is 4.69. The summed E-state index contributed by atoms with van der Waals surface area (Å²) in [5, 5.41) is 0. The molecule has 7 heteroatoms. The molecule has 1 aromatic rings. The predicted molar refractivity (Wildman–Crippen MR) is 79.6 cm³/mol. The molecule has 0 aromatic heterocycles. The number of para-hydroxylation sites is 1. The van der Waals surface area contributed by atoms with Gasteiger partial charge in [0.05, 0.1) is 19.3 Å². The standard InChI is InChI=1S/C14H20N2O4S/c1-21(18,19)16-10-8-15(9-11-16)14(17)7-12-20-13-5-3-2-4-6-13/h2-6H,7-12H2,1H3. The zero-order valence-electron chi connectivity index (χ0n) is 12.1. The molecule has 0 atom stereocenters. The van der Waals surface area contributed by atoms with E-state index in [1.165, 1.54) is 10.6 Å². The molecule has 1 amide bonds. The molecule has 0 saturated carbocycles. The Morgan fingerprint density at radius 2 is 1.76 bits per heavy atom. The quantitative estimate of drug-likeness (QED) is 0.797. The van der Waals surface area contributed by atoms with Gasteiger partial charge in [-0.1, -0.05) is 18.2 Å². The summed E-state index contributed by atoms with van der Waals surface area (Å²) in [5.41, 5.74) is 0. The van der Waals surface area contributed by atoms with Crippen molar-refractivity contribution in [2.24, 2.45) is 0 Å². The van der Waals surface area contributed by atoms with Gasteiger partial charge in [0.1, 0.15) is 5.75 Å². The Morgan fingerprint density at radius 3 is 2.33 bits per heavy atom. The van der Waals surface area contributed by atoms with Gasteiger partial charge in [-0.3, -0.25) is 4.79 Å². The van der Waals surface area contributed by atoms with Crippen LogP contribution in [0.25, 0.3) is 0 Å². The number of ether oxygens (including phenoxy) is 1. The summed E-state index contributed by atoms with van der Waals surface area (Å²) in [7, 11) is -3.16.